The molecule has 2 N–H and O–H groups in total. The zero-order chi connectivity index (χ0) is 22.3. The summed E-state index contributed by atoms with van der Waals surface area (Å²) in [5, 5.41) is 4.88. The standard InChI is InChI=1S/C17H12BrF6N5O/c1-25-15-12(2-8(5-26-15)16(19,20)21)28-14(30)3-9-6-29-7-11(18)10(17(22,23)24)4-13(29)27-9/h2,4-7H,3H2,1H3,(H,25,26)(H,28,30). The van der Waals surface area contributed by atoms with Gasteiger partial charge in [-0.3, -0.25) is 4.79 Å². The number of hydrogen-bond donors (Lipinski definition) is 2. The summed E-state index contributed by atoms with van der Waals surface area (Å²) in [4.78, 5) is 19.9. The second-order valence-electron chi connectivity index (χ2n) is 6.12. The molecule has 0 saturated heterocycles. The summed E-state index contributed by atoms with van der Waals surface area (Å²) < 4.78 is 78.8. The molecule has 3 rings (SSSR count). The molecule has 1 amide bonds. The van der Waals surface area contributed by atoms with Crippen LogP contribution in [0.3, 0.4) is 0 Å². The van der Waals surface area contributed by atoms with Crippen LogP contribution in [0.4, 0.5) is 37.8 Å². The highest BCUT2D eigenvalue weighted by molar-refractivity contribution is 9.10. The largest absolute Gasteiger partial charge is 0.417 e. The van der Waals surface area contributed by atoms with E-state index in [9.17, 15) is 31.1 Å². The van der Waals surface area contributed by atoms with Gasteiger partial charge < -0.3 is 15.0 Å². The molecule has 0 saturated carbocycles. The molecule has 0 fully saturated rings. The van der Waals surface area contributed by atoms with Crippen LogP contribution in [0.2, 0.25) is 0 Å². The summed E-state index contributed by atoms with van der Waals surface area (Å²) in [6, 6.07) is 1.55. The third-order valence-electron chi connectivity index (χ3n) is 3.97. The van der Waals surface area contributed by atoms with Crippen LogP contribution in [-0.4, -0.2) is 27.3 Å². The molecular formula is C17H12BrF6N5O. The molecule has 0 aliphatic heterocycles. The molecule has 3 heterocycles. The number of carbonyl (C=O) groups excluding carboxylic acids is 1. The Morgan fingerprint density at radius 3 is 2.43 bits per heavy atom. The van der Waals surface area contributed by atoms with E-state index in [1.54, 1.807) is 0 Å². The van der Waals surface area contributed by atoms with Crippen LogP contribution < -0.4 is 10.6 Å². The molecule has 0 unspecified atom stereocenters. The number of halogens is 7. The molecular weight excluding hydrogens is 484 g/mol. The van der Waals surface area contributed by atoms with Gasteiger partial charge in [0.05, 0.1) is 28.9 Å². The molecule has 0 spiro atoms. The second-order valence-corrected chi connectivity index (χ2v) is 6.98. The molecule has 13 heteroatoms. The maximum atomic E-state index is 13.0. The first kappa shape index (κ1) is 21.9. The van der Waals surface area contributed by atoms with Crippen molar-refractivity contribution in [2.75, 3.05) is 17.7 Å². The minimum atomic E-state index is -4.65. The van der Waals surface area contributed by atoms with Gasteiger partial charge in [-0.25, -0.2) is 9.97 Å². The normalized spacial score (nSPS) is 12.3. The molecule has 0 aliphatic rings. The first-order valence-electron chi connectivity index (χ1n) is 8.17. The average Bonchev–Trinajstić information content (AvgIpc) is 3.00. The van der Waals surface area contributed by atoms with Gasteiger partial charge in [-0.1, -0.05) is 0 Å². The smallest absolute Gasteiger partial charge is 0.371 e. The predicted molar refractivity (Wildman–Crippen MR) is 99.0 cm³/mol. The highest BCUT2D eigenvalue weighted by Gasteiger charge is 2.34. The van der Waals surface area contributed by atoms with Crippen molar-refractivity contribution < 1.29 is 31.1 Å². The van der Waals surface area contributed by atoms with E-state index in [2.05, 4.69) is 36.5 Å². The van der Waals surface area contributed by atoms with Gasteiger partial charge in [-0.2, -0.15) is 26.3 Å². The monoisotopic (exact) mass is 495 g/mol. The maximum absolute atomic E-state index is 13.0. The Bertz CT molecular complexity index is 1110. The van der Waals surface area contributed by atoms with Crippen molar-refractivity contribution in [2.45, 2.75) is 18.8 Å². The Morgan fingerprint density at radius 1 is 1.13 bits per heavy atom. The Hall–Kier alpha value is -2.83. The molecule has 30 heavy (non-hydrogen) atoms. The second kappa shape index (κ2) is 7.78. The van der Waals surface area contributed by atoms with Gasteiger partial charge in [-0.15, -0.1) is 0 Å². The van der Waals surface area contributed by atoms with Gasteiger partial charge in [0.2, 0.25) is 5.91 Å². The molecule has 0 aliphatic carbocycles. The lowest BCUT2D eigenvalue weighted by Crippen LogP contribution is -2.17. The molecule has 0 bridgehead atoms. The van der Waals surface area contributed by atoms with Crippen molar-refractivity contribution in [3.8, 4) is 0 Å². The zero-order valence-corrected chi connectivity index (χ0v) is 16.6. The minimum absolute atomic E-state index is 0.0186. The Balaban J connectivity index is 1.84. The number of imidazole rings is 1. The summed E-state index contributed by atoms with van der Waals surface area (Å²) in [6.45, 7) is 0. The highest BCUT2D eigenvalue weighted by Crippen LogP contribution is 2.35. The van der Waals surface area contributed by atoms with Crippen LogP contribution in [0.5, 0.6) is 0 Å². The zero-order valence-electron chi connectivity index (χ0n) is 15.0. The fraction of sp³-hybridized carbons (Fsp3) is 0.235. The number of nitrogens with one attached hydrogen (secondary N) is 2. The van der Waals surface area contributed by atoms with E-state index >= 15 is 0 Å². The fourth-order valence-electron chi connectivity index (χ4n) is 2.64. The highest BCUT2D eigenvalue weighted by atomic mass is 79.9. The van der Waals surface area contributed by atoms with E-state index in [0.717, 1.165) is 18.3 Å². The van der Waals surface area contributed by atoms with Crippen molar-refractivity contribution in [1.82, 2.24) is 14.4 Å². The minimum Gasteiger partial charge on any atom is -0.371 e. The van der Waals surface area contributed by atoms with E-state index in [0.29, 0.717) is 6.20 Å². The van der Waals surface area contributed by atoms with Crippen molar-refractivity contribution >= 4 is 39.0 Å². The van der Waals surface area contributed by atoms with Crippen LogP contribution in [0.15, 0.2) is 35.2 Å². The van der Waals surface area contributed by atoms with Crippen molar-refractivity contribution in [1.29, 1.82) is 0 Å². The summed E-state index contributed by atoms with van der Waals surface area (Å²) >= 11 is 2.84. The number of alkyl halides is 6. The van der Waals surface area contributed by atoms with Crippen LogP contribution in [0.25, 0.3) is 5.65 Å². The average molecular weight is 496 g/mol. The van der Waals surface area contributed by atoms with Gasteiger partial charge >= 0.3 is 12.4 Å². The van der Waals surface area contributed by atoms with Gasteiger partial charge in [-0.05, 0) is 28.1 Å². The summed E-state index contributed by atoms with van der Waals surface area (Å²) in [7, 11) is 1.42. The molecule has 3 aromatic heterocycles. The summed E-state index contributed by atoms with van der Waals surface area (Å²) in [5.74, 6) is -0.698. The van der Waals surface area contributed by atoms with Gasteiger partial charge in [0, 0.05) is 30.1 Å². The Kier molecular flexibility index (Phi) is 5.67. The number of aromatic nitrogens is 3. The van der Waals surface area contributed by atoms with Crippen LogP contribution in [0.1, 0.15) is 16.8 Å². The van der Waals surface area contributed by atoms with Gasteiger partial charge in [0.1, 0.15) is 11.5 Å². The van der Waals surface area contributed by atoms with Crippen molar-refractivity contribution in [3.05, 3.63) is 52.0 Å². The quantitative estimate of drug-likeness (QED) is 0.512. The van der Waals surface area contributed by atoms with Crippen molar-refractivity contribution in [2.24, 2.45) is 0 Å². The lowest BCUT2D eigenvalue weighted by Gasteiger charge is -2.13. The van der Waals surface area contributed by atoms with Crippen LogP contribution >= 0.6 is 15.9 Å². The van der Waals surface area contributed by atoms with E-state index in [4.69, 9.17) is 0 Å². The molecule has 3 aromatic rings. The first-order chi connectivity index (χ1) is 13.9. The number of anilines is 2. The molecule has 6 nitrogen and oxygen atoms in total. The number of amides is 1. The number of nitrogens with zero attached hydrogens (tertiary/aromatic N) is 3. The van der Waals surface area contributed by atoms with Crippen molar-refractivity contribution in [3.63, 3.8) is 0 Å². The Morgan fingerprint density at radius 2 is 1.83 bits per heavy atom. The summed E-state index contributed by atoms with van der Waals surface area (Å²) in [5.41, 5.74) is -2.07. The van der Waals surface area contributed by atoms with E-state index < -0.39 is 29.4 Å². The molecule has 160 valence electrons. The molecule has 0 radical (unpaired) electrons. The third-order valence-corrected chi connectivity index (χ3v) is 4.60. The third kappa shape index (κ3) is 4.66. The van der Waals surface area contributed by atoms with Gasteiger partial charge in [0.25, 0.3) is 0 Å². The Labute approximate surface area is 173 Å². The predicted octanol–water partition coefficient (Wildman–Crippen LogP) is 4.75. The number of hydrogen-bond acceptors (Lipinski definition) is 4. The summed E-state index contributed by atoms with van der Waals surface area (Å²) in [6.07, 6.45) is -6.49. The van der Waals surface area contributed by atoms with E-state index in [1.807, 2.05) is 0 Å². The van der Waals surface area contributed by atoms with E-state index in [1.165, 1.54) is 17.6 Å². The number of fused-ring (bicyclic) bond motifs is 1. The van der Waals surface area contributed by atoms with Crippen LogP contribution in [0, 0.1) is 0 Å². The number of carbonyl (C=O) groups is 1. The lowest BCUT2D eigenvalue weighted by atomic mass is 10.2. The maximum Gasteiger partial charge on any atom is 0.417 e. The van der Waals surface area contributed by atoms with Crippen LogP contribution in [-0.2, 0) is 23.6 Å². The molecule has 0 aromatic carbocycles. The fourth-order valence-corrected chi connectivity index (χ4v) is 3.20. The number of rotatable bonds is 4. The lowest BCUT2D eigenvalue weighted by molar-refractivity contribution is -0.138. The van der Waals surface area contributed by atoms with E-state index in [-0.39, 0.29) is 33.7 Å². The molecule has 0 atom stereocenters. The number of pyridine rings is 2. The SMILES string of the molecule is CNc1ncc(C(F)(F)F)cc1NC(=O)Cc1cn2cc(Br)c(C(F)(F)F)cc2n1. The topological polar surface area (TPSA) is 71.3 Å². The van der Waals surface area contributed by atoms with Gasteiger partial charge in [0.15, 0.2) is 0 Å². The first-order valence-corrected chi connectivity index (χ1v) is 8.97.